The Morgan fingerprint density at radius 3 is 1.58 bits per heavy atom. The number of nitrogens with zero attached hydrogens (tertiary/aromatic N) is 3. The molecule has 2 atom stereocenters. The van der Waals surface area contributed by atoms with Crippen LogP contribution in [0.15, 0.2) is 182 Å². The van der Waals surface area contributed by atoms with Crippen LogP contribution in [0.25, 0.3) is 32.7 Å². The molecule has 1 aliphatic carbocycles. The highest BCUT2D eigenvalue weighted by Gasteiger charge is 2.59. The van der Waals surface area contributed by atoms with Gasteiger partial charge in [-0.15, -0.1) is 0 Å². The fourth-order valence-corrected chi connectivity index (χ4v) is 16.8. The Morgan fingerprint density at radius 1 is 0.431 bits per heavy atom. The Balaban J connectivity index is 1.10. The highest BCUT2D eigenvalue weighted by molar-refractivity contribution is 7.16. The minimum absolute atomic E-state index is 0.0306. The molecular weight excluding hydrogens is 802 g/mol. The Hall–Kier alpha value is -6.82. The molecule has 4 heterocycles. The Kier molecular flexibility index (Phi) is 7.59. The van der Waals surface area contributed by atoms with Crippen LogP contribution in [0, 0.1) is 0 Å². The van der Waals surface area contributed by atoms with Crippen molar-refractivity contribution in [2.75, 3.05) is 14.7 Å². The van der Waals surface area contributed by atoms with Crippen LogP contribution in [-0.4, -0.2) is 20.3 Å². The van der Waals surface area contributed by atoms with Gasteiger partial charge in [-0.25, -0.2) is 0 Å². The number of anilines is 8. The van der Waals surface area contributed by atoms with E-state index in [1.807, 2.05) is 0 Å². The van der Waals surface area contributed by atoms with Crippen LogP contribution in [0.1, 0.15) is 45.1 Å². The third-order valence-corrected chi connectivity index (χ3v) is 20.5. The molecule has 0 aromatic heterocycles. The van der Waals surface area contributed by atoms with E-state index in [2.05, 4.69) is 224 Å². The van der Waals surface area contributed by atoms with E-state index in [0.717, 1.165) is 6.42 Å². The quantitative estimate of drug-likeness (QED) is 0.163. The summed E-state index contributed by atoms with van der Waals surface area (Å²) < 4.78 is 0. The summed E-state index contributed by atoms with van der Waals surface area (Å²) in [6, 6.07) is 70.0. The normalized spacial score (nSPS) is 20.5. The van der Waals surface area contributed by atoms with E-state index in [4.69, 9.17) is 0 Å². The third kappa shape index (κ3) is 4.92. The van der Waals surface area contributed by atoms with Gasteiger partial charge in [0.15, 0.2) is 0 Å². The highest BCUT2D eigenvalue weighted by Crippen LogP contribution is 2.62. The van der Waals surface area contributed by atoms with Crippen LogP contribution in [0.5, 0.6) is 0 Å². The summed E-state index contributed by atoms with van der Waals surface area (Å²) in [5.74, 6) is 0. The second-order valence-corrected chi connectivity index (χ2v) is 24.7. The van der Waals surface area contributed by atoms with Crippen LogP contribution in [-0.2, 0) is 5.41 Å². The van der Waals surface area contributed by atoms with Crippen molar-refractivity contribution in [2.24, 2.45) is 0 Å². The van der Waals surface area contributed by atoms with Crippen molar-refractivity contribution in [1.82, 2.24) is 0 Å². The zero-order valence-electron chi connectivity index (χ0n) is 37.6. The minimum Gasteiger partial charge on any atom is -0.334 e. The first-order chi connectivity index (χ1) is 31.7. The summed E-state index contributed by atoms with van der Waals surface area (Å²) in [4.78, 5) is 8.12. The van der Waals surface area contributed by atoms with Crippen molar-refractivity contribution in [1.29, 1.82) is 0 Å². The van der Waals surface area contributed by atoms with Gasteiger partial charge >= 0.3 is 0 Å². The van der Waals surface area contributed by atoms with Crippen molar-refractivity contribution < 1.29 is 0 Å². The highest BCUT2D eigenvalue weighted by atomic mass is 28.3. The van der Waals surface area contributed by atoms with E-state index in [1.165, 1.54) is 119 Å². The van der Waals surface area contributed by atoms with Crippen molar-refractivity contribution >= 4 is 109 Å². The van der Waals surface area contributed by atoms with Gasteiger partial charge in [0.2, 0.25) is 0 Å². The van der Waals surface area contributed by atoms with E-state index in [1.54, 1.807) is 10.4 Å². The summed E-state index contributed by atoms with van der Waals surface area (Å²) >= 11 is 0. The summed E-state index contributed by atoms with van der Waals surface area (Å²) in [6.45, 7) is 10.4. The maximum absolute atomic E-state index is 2.80. The molecule has 5 aliphatic rings. The Labute approximate surface area is 383 Å². The second-order valence-electron chi connectivity index (χ2n) is 20.4. The van der Waals surface area contributed by atoms with E-state index in [-0.39, 0.29) is 17.7 Å². The lowest BCUT2D eigenvalue weighted by Crippen LogP contribution is -2.79. The first kappa shape index (κ1) is 37.5. The van der Waals surface area contributed by atoms with Crippen LogP contribution in [0.2, 0.25) is 13.1 Å². The molecule has 5 heteroatoms. The lowest BCUT2D eigenvalue weighted by atomic mass is 9.33. The van der Waals surface area contributed by atoms with Crippen LogP contribution in [0.3, 0.4) is 0 Å². The fraction of sp³-hybridized carbons (Fsp3) is 0.167. The predicted molar refractivity (Wildman–Crippen MR) is 280 cm³/mol. The molecule has 0 radical (unpaired) electrons. The van der Waals surface area contributed by atoms with Crippen LogP contribution in [0.4, 0.5) is 45.5 Å². The van der Waals surface area contributed by atoms with Gasteiger partial charge < -0.3 is 14.7 Å². The first-order valence-corrected chi connectivity index (χ1v) is 26.8. The molecule has 9 aromatic carbocycles. The van der Waals surface area contributed by atoms with Crippen molar-refractivity contribution in [2.45, 2.75) is 63.6 Å². The topological polar surface area (TPSA) is 9.72 Å². The molecule has 0 N–H and O–H groups in total. The van der Waals surface area contributed by atoms with Gasteiger partial charge in [0, 0.05) is 50.9 Å². The molecular formula is C60H50BN3Si. The SMILES string of the molecule is CC12CCCCC1(C)N(c1cc3c4c(c1)N(c1ccc5ccccc5c1)c1cccc5c1B4c1c(cccc1[Si]5(C)C)N3c1ccc3ccccc3c1)c1ccc(-c3ccccc3)cc12. The van der Waals surface area contributed by atoms with Gasteiger partial charge in [-0.3, -0.25) is 0 Å². The van der Waals surface area contributed by atoms with Gasteiger partial charge in [-0.2, -0.15) is 0 Å². The average Bonchev–Trinajstić information content (AvgIpc) is 3.55. The molecule has 4 aliphatic heterocycles. The molecule has 0 spiro atoms. The van der Waals surface area contributed by atoms with E-state index in [0.29, 0.717) is 0 Å². The maximum Gasteiger partial charge on any atom is 0.251 e. The second kappa shape index (κ2) is 13.1. The summed E-state index contributed by atoms with van der Waals surface area (Å²) in [7, 11) is -2.16. The molecule has 65 heavy (non-hydrogen) atoms. The maximum atomic E-state index is 2.80. The molecule has 3 nitrogen and oxygen atoms in total. The molecule has 0 amide bonds. The Morgan fingerprint density at radius 2 is 0.985 bits per heavy atom. The number of hydrogen-bond acceptors (Lipinski definition) is 3. The van der Waals surface area contributed by atoms with Crippen LogP contribution < -0.4 is 41.5 Å². The van der Waals surface area contributed by atoms with Gasteiger partial charge in [0.1, 0.15) is 8.07 Å². The van der Waals surface area contributed by atoms with Crippen molar-refractivity contribution in [3.05, 3.63) is 188 Å². The molecule has 1 fully saturated rings. The van der Waals surface area contributed by atoms with Crippen molar-refractivity contribution in [3.63, 3.8) is 0 Å². The molecule has 0 saturated heterocycles. The lowest BCUT2D eigenvalue weighted by Gasteiger charge is -2.52. The smallest absolute Gasteiger partial charge is 0.251 e. The average molecular weight is 852 g/mol. The molecule has 14 rings (SSSR count). The van der Waals surface area contributed by atoms with Gasteiger partial charge in [0.25, 0.3) is 6.71 Å². The van der Waals surface area contributed by atoms with E-state index in [9.17, 15) is 0 Å². The monoisotopic (exact) mass is 851 g/mol. The predicted octanol–water partition coefficient (Wildman–Crippen LogP) is 12.6. The zero-order valence-corrected chi connectivity index (χ0v) is 38.6. The summed E-state index contributed by atoms with van der Waals surface area (Å²) in [5.41, 5.74) is 18.6. The molecule has 0 bridgehead atoms. The third-order valence-electron chi connectivity index (χ3n) is 16.9. The number of fused-ring (bicyclic) bond motifs is 5. The minimum atomic E-state index is -2.16. The standard InChI is InChI=1S/C60H50BN3Si/c1-59-32-12-13-33-60(59,2)64(49-31-28-44(36-48(49)59)39-16-6-5-7-17-39)47-37-52-56-53(38-47)63(46-30-27-41-19-9-11-21-43(41)35-46)51-23-15-25-55-58(51)61(56)57-50(22-14-24-54(57)65(55,3)4)62(52)45-29-26-40-18-8-10-20-42(40)34-45/h5-11,14-31,34-38H,12-13,32-33H2,1-4H3. The largest absolute Gasteiger partial charge is 0.334 e. The molecule has 1 saturated carbocycles. The first-order valence-electron chi connectivity index (χ1n) is 23.8. The number of rotatable bonds is 4. The van der Waals surface area contributed by atoms with Gasteiger partial charge in [-0.05, 0) is 135 Å². The van der Waals surface area contributed by atoms with Gasteiger partial charge in [-0.1, -0.05) is 165 Å². The summed E-state index contributed by atoms with van der Waals surface area (Å²) in [5, 5.41) is 8.16. The molecule has 312 valence electrons. The zero-order chi connectivity index (χ0) is 43.4. The van der Waals surface area contributed by atoms with Gasteiger partial charge in [0.05, 0.1) is 5.54 Å². The van der Waals surface area contributed by atoms with E-state index < -0.39 is 8.07 Å². The van der Waals surface area contributed by atoms with E-state index >= 15 is 0 Å². The summed E-state index contributed by atoms with van der Waals surface area (Å²) in [6.07, 6.45) is 4.77. The lowest BCUT2D eigenvalue weighted by molar-refractivity contribution is 0.195. The van der Waals surface area contributed by atoms with Crippen molar-refractivity contribution in [3.8, 4) is 11.1 Å². The van der Waals surface area contributed by atoms with Crippen LogP contribution >= 0.6 is 0 Å². The number of hydrogen-bond donors (Lipinski definition) is 0. The molecule has 2 unspecified atom stereocenters. The fourth-order valence-electron chi connectivity index (χ4n) is 13.6. The number of benzene rings is 9. The Bertz CT molecular complexity index is 3340. The molecule has 9 aromatic rings.